The van der Waals surface area contributed by atoms with Crippen molar-refractivity contribution < 1.29 is 9.53 Å². The molecule has 0 amide bonds. The summed E-state index contributed by atoms with van der Waals surface area (Å²) >= 11 is 3.49. The predicted octanol–water partition coefficient (Wildman–Crippen LogP) is 4.14. The van der Waals surface area contributed by atoms with E-state index in [-0.39, 0.29) is 5.92 Å². The van der Waals surface area contributed by atoms with Crippen LogP contribution in [0.25, 0.3) is 11.3 Å². The molecule has 2 aromatic heterocycles. The highest BCUT2D eigenvalue weighted by molar-refractivity contribution is 9.10. The Morgan fingerprint density at radius 1 is 1.17 bits per heavy atom. The Hall–Kier alpha value is -2.40. The monoisotopic (exact) mass is 370 g/mol. The second kappa shape index (κ2) is 7.24. The molecular formula is C18H15BrN2O2. The Kier molecular flexibility index (Phi) is 4.88. The minimum atomic E-state index is -0.0236. The van der Waals surface area contributed by atoms with E-state index in [2.05, 4.69) is 32.0 Å². The Balaban J connectivity index is 1.94. The van der Waals surface area contributed by atoms with Gasteiger partial charge in [-0.15, -0.1) is 0 Å². The molecule has 0 saturated heterocycles. The van der Waals surface area contributed by atoms with Crippen molar-refractivity contribution in [2.45, 2.75) is 5.92 Å². The first-order valence-corrected chi connectivity index (χ1v) is 7.96. The highest BCUT2D eigenvalue weighted by Gasteiger charge is 2.17. The van der Waals surface area contributed by atoms with E-state index in [1.54, 1.807) is 12.4 Å². The Bertz CT molecular complexity index is 786. The average molecular weight is 371 g/mol. The second-order valence-corrected chi connectivity index (χ2v) is 6.04. The lowest BCUT2D eigenvalue weighted by atomic mass is 9.93. The summed E-state index contributed by atoms with van der Waals surface area (Å²) in [6.45, 7) is 0.787. The van der Waals surface area contributed by atoms with E-state index in [1.165, 1.54) is 0 Å². The average Bonchev–Trinajstić information content (AvgIpc) is 3.06. The number of nitrogens with zero attached hydrogens (tertiary/aromatic N) is 1. The van der Waals surface area contributed by atoms with Gasteiger partial charge < -0.3 is 9.72 Å². The van der Waals surface area contributed by atoms with Crippen LogP contribution in [0.5, 0.6) is 0 Å². The maximum Gasteiger partial charge on any atom is 0.293 e. The molecule has 0 radical (unpaired) electrons. The topological polar surface area (TPSA) is 55.0 Å². The van der Waals surface area contributed by atoms with Gasteiger partial charge in [-0.25, -0.2) is 0 Å². The third-order valence-electron chi connectivity index (χ3n) is 3.68. The van der Waals surface area contributed by atoms with Crippen molar-refractivity contribution in [1.29, 1.82) is 0 Å². The fourth-order valence-corrected chi connectivity index (χ4v) is 2.97. The van der Waals surface area contributed by atoms with Gasteiger partial charge in [0.25, 0.3) is 6.47 Å². The number of hydrogen-bond donors (Lipinski definition) is 1. The van der Waals surface area contributed by atoms with Crippen molar-refractivity contribution in [3.05, 3.63) is 76.7 Å². The zero-order valence-electron chi connectivity index (χ0n) is 12.3. The van der Waals surface area contributed by atoms with Crippen molar-refractivity contribution in [1.82, 2.24) is 9.97 Å². The van der Waals surface area contributed by atoms with Gasteiger partial charge in [0.2, 0.25) is 0 Å². The molecule has 0 aliphatic carbocycles. The number of benzene rings is 1. The first-order valence-electron chi connectivity index (χ1n) is 7.17. The van der Waals surface area contributed by atoms with Crippen LogP contribution in [0.3, 0.4) is 0 Å². The fraction of sp³-hybridized carbons (Fsp3) is 0.111. The molecule has 3 rings (SSSR count). The normalized spacial score (nSPS) is 11.9. The van der Waals surface area contributed by atoms with Crippen molar-refractivity contribution in [3.8, 4) is 11.3 Å². The van der Waals surface area contributed by atoms with Gasteiger partial charge in [0, 0.05) is 40.2 Å². The van der Waals surface area contributed by atoms with Crippen LogP contribution in [0.15, 0.2) is 65.5 Å². The van der Waals surface area contributed by atoms with E-state index in [4.69, 9.17) is 4.74 Å². The molecule has 1 aromatic carbocycles. The molecular weight excluding hydrogens is 356 g/mol. The number of carbonyl (C=O) groups is 1. The Morgan fingerprint density at radius 2 is 2.00 bits per heavy atom. The first kappa shape index (κ1) is 15.5. The van der Waals surface area contributed by atoms with Crippen molar-refractivity contribution in [3.63, 3.8) is 0 Å². The molecule has 2 heterocycles. The molecule has 0 aliphatic heterocycles. The predicted molar refractivity (Wildman–Crippen MR) is 92.0 cm³/mol. The number of nitrogens with one attached hydrogen (secondary N) is 1. The van der Waals surface area contributed by atoms with E-state index in [0.717, 1.165) is 26.9 Å². The maximum atomic E-state index is 10.6. The zero-order valence-corrected chi connectivity index (χ0v) is 13.9. The maximum absolute atomic E-state index is 10.6. The Morgan fingerprint density at radius 3 is 2.74 bits per heavy atom. The van der Waals surface area contributed by atoms with E-state index < -0.39 is 0 Å². The number of aromatic amines is 1. The summed E-state index contributed by atoms with van der Waals surface area (Å²) < 4.78 is 6.04. The van der Waals surface area contributed by atoms with Gasteiger partial charge in [-0.05, 0) is 41.5 Å². The zero-order chi connectivity index (χ0) is 16.1. The molecule has 1 unspecified atom stereocenters. The van der Waals surface area contributed by atoms with Gasteiger partial charge in [-0.2, -0.15) is 0 Å². The van der Waals surface area contributed by atoms with Crippen LogP contribution in [-0.2, 0) is 9.53 Å². The van der Waals surface area contributed by atoms with Gasteiger partial charge >= 0.3 is 0 Å². The molecule has 4 nitrogen and oxygen atoms in total. The summed E-state index contributed by atoms with van der Waals surface area (Å²) in [5.74, 6) is -0.0236. The minimum Gasteiger partial charge on any atom is -0.467 e. The molecule has 0 aliphatic rings. The van der Waals surface area contributed by atoms with Crippen molar-refractivity contribution in [2.75, 3.05) is 6.61 Å². The molecule has 1 atom stereocenters. The number of ether oxygens (including phenoxy) is 1. The molecule has 5 heteroatoms. The highest BCUT2D eigenvalue weighted by Crippen LogP contribution is 2.30. The van der Waals surface area contributed by atoms with Gasteiger partial charge in [-0.1, -0.05) is 28.1 Å². The third-order valence-corrected chi connectivity index (χ3v) is 4.17. The smallest absolute Gasteiger partial charge is 0.293 e. The second-order valence-electron chi connectivity index (χ2n) is 5.12. The molecule has 0 saturated carbocycles. The molecule has 23 heavy (non-hydrogen) atoms. The summed E-state index contributed by atoms with van der Waals surface area (Å²) in [7, 11) is 0. The standard InChI is InChI=1S/C18H15BrN2O2/c19-16-3-1-2-14(8-16)17(11-23-12-22)15-9-18(21-10-15)13-4-6-20-7-5-13/h1-10,12,17,21H,11H2. The number of rotatable bonds is 6. The molecule has 1 N–H and O–H groups in total. The van der Waals surface area contributed by atoms with E-state index >= 15 is 0 Å². The van der Waals surface area contributed by atoms with Crippen molar-refractivity contribution >= 4 is 22.4 Å². The summed E-state index contributed by atoms with van der Waals surface area (Å²) in [5.41, 5.74) is 4.22. The van der Waals surface area contributed by atoms with Crippen LogP contribution < -0.4 is 0 Å². The van der Waals surface area contributed by atoms with Gasteiger partial charge in [-0.3, -0.25) is 9.78 Å². The lowest BCUT2D eigenvalue weighted by Gasteiger charge is -2.15. The van der Waals surface area contributed by atoms with Crippen LogP contribution >= 0.6 is 15.9 Å². The van der Waals surface area contributed by atoms with E-state index in [9.17, 15) is 4.79 Å². The van der Waals surface area contributed by atoms with Crippen LogP contribution in [0, 0.1) is 0 Å². The highest BCUT2D eigenvalue weighted by atomic mass is 79.9. The quantitative estimate of drug-likeness (QED) is 0.663. The van der Waals surface area contributed by atoms with Crippen molar-refractivity contribution in [2.24, 2.45) is 0 Å². The number of hydrogen-bond acceptors (Lipinski definition) is 3. The molecule has 0 spiro atoms. The van der Waals surface area contributed by atoms with Crippen LogP contribution in [0.1, 0.15) is 17.0 Å². The van der Waals surface area contributed by atoms with Gasteiger partial charge in [0.1, 0.15) is 6.61 Å². The lowest BCUT2D eigenvalue weighted by molar-refractivity contribution is -0.128. The number of aromatic nitrogens is 2. The van der Waals surface area contributed by atoms with Gasteiger partial charge in [0.15, 0.2) is 0 Å². The Labute approximate surface area is 142 Å². The lowest BCUT2D eigenvalue weighted by Crippen LogP contribution is -2.08. The number of pyridine rings is 1. The molecule has 3 aromatic rings. The first-order chi connectivity index (χ1) is 11.3. The molecule has 0 fully saturated rings. The number of H-pyrrole nitrogens is 1. The van der Waals surface area contributed by atoms with Crippen LogP contribution in [-0.4, -0.2) is 23.0 Å². The summed E-state index contributed by atoms with van der Waals surface area (Å²) in [5, 5.41) is 0. The van der Waals surface area contributed by atoms with E-state index in [1.807, 2.05) is 42.6 Å². The number of carbonyl (C=O) groups excluding carboxylic acids is 1. The minimum absolute atomic E-state index is 0.0236. The molecule has 116 valence electrons. The largest absolute Gasteiger partial charge is 0.467 e. The van der Waals surface area contributed by atoms with Crippen LogP contribution in [0.4, 0.5) is 0 Å². The summed E-state index contributed by atoms with van der Waals surface area (Å²) in [6.07, 6.45) is 5.48. The number of halogens is 1. The third kappa shape index (κ3) is 3.68. The molecule has 0 bridgehead atoms. The van der Waals surface area contributed by atoms with E-state index in [0.29, 0.717) is 13.1 Å². The summed E-state index contributed by atoms with van der Waals surface area (Å²) in [4.78, 5) is 17.9. The fourth-order valence-electron chi connectivity index (χ4n) is 2.55. The SMILES string of the molecule is O=COCC(c1cccc(Br)c1)c1c[nH]c(-c2ccncc2)c1. The summed E-state index contributed by atoms with van der Waals surface area (Å²) in [6, 6.07) is 14.0. The van der Waals surface area contributed by atoms with Crippen LogP contribution in [0.2, 0.25) is 0 Å². The van der Waals surface area contributed by atoms with Gasteiger partial charge in [0.05, 0.1) is 0 Å².